The van der Waals surface area contributed by atoms with Crippen LogP contribution < -0.4 is 0 Å². The van der Waals surface area contributed by atoms with Crippen molar-refractivity contribution in [3.8, 4) is 16.8 Å². The number of aromatic nitrogens is 3. The second kappa shape index (κ2) is 8.05. The first-order valence-electron chi connectivity index (χ1n) is 9.20. The summed E-state index contributed by atoms with van der Waals surface area (Å²) in [7, 11) is -3.09. The van der Waals surface area contributed by atoms with Crippen molar-refractivity contribution in [2.24, 2.45) is 0 Å². The number of sulfone groups is 1. The van der Waals surface area contributed by atoms with Crippen molar-refractivity contribution in [3.63, 3.8) is 0 Å². The van der Waals surface area contributed by atoms with E-state index in [9.17, 15) is 8.42 Å². The third kappa shape index (κ3) is 4.63. The Morgan fingerprint density at radius 1 is 1.07 bits per heavy atom. The molecular weight excluding hydrogens is 358 g/mol. The van der Waals surface area contributed by atoms with Crippen molar-refractivity contribution in [3.05, 3.63) is 66.2 Å². The predicted octanol–water partition coefficient (Wildman–Crippen LogP) is 4.21. The second-order valence-corrected chi connectivity index (χ2v) is 9.54. The minimum Gasteiger partial charge on any atom is -0.261 e. The van der Waals surface area contributed by atoms with E-state index < -0.39 is 9.84 Å². The molecule has 0 aliphatic rings. The molecule has 2 aromatic heterocycles. The van der Waals surface area contributed by atoms with Gasteiger partial charge >= 0.3 is 0 Å². The van der Waals surface area contributed by atoms with Crippen LogP contribution in [0.5, 0.6) is 0 Å². The summed E-state index contributed by atoms with van der Waals surface area (Å²) in [6.45, 7) is 5.56. The third-order valence-electron chi connectivity index (χ3n) is 4.53. The highest BCUT2D eigenvalue weighted by molar-refractivity contribution is 7.91. The monoisotopic (exact) mass is 383 g/mol. The molecule has 1 aromatic carbocycles. The van der Waals surface area contributed by atoms with Gasteiger partial charge in [-0.3, -0.25) is 4.98 Å². The topological polar surface area (TPSA) is 64.8 Å². The zero-order chi connectivity index (χ0) is 19.4. The molecule has 0 aliphatic heterocycles. The number of rotatable bonds is 7. The van der Waals surface area contributed by atoms with Gasteiger partial charge in [0, 0.05) is 23.7 Å². The predicted molar refractivity (Wildman–Crippen MR) is 109 cm³/mol. The zero-order valence-electron chi connectivity index (χ0n) is 16.0. The standard InChI is InChI=1S/C21H25N3O2S/c1-4-5-20-12-21(10-11-22-20)24-14-19(13-23-24)18-8-6-17(7-9-18)15-27(25,26)16(2)3/h6-14,16H,4-5,15H2,1-3H3. The number of aryl methyl sites for hydroxylation is 1. The van der Waals surface area contributed by atoms with Crippen LogP contribution in [0, 0.1) is 0 Å². The van der Waals surface area contributed by atoms with Crippen molar-refractivity contribution >= 4 is 9.84 Å². The van der Waals surface area contributed by atoms with E-state index in [4.69, 9.17) is 0 Å². The number of pyridine rings is 1. The molecule has 6 heteroatoms. The summed E-state index contributed by atoms with van der Waals surface area (Å²) in [6, 6.07) is 11.6. The van der Waals surface area contributed by atoms with Crippen LogP contribution in [-0.2, 0) is 22.0 Å². The van der Waals surface area contributed by atoms with Crippen LogP contribution in [0.1, 0.15) is 38.4 Å². The van der Waals surface area contributed by atoms with E-state index in [1.807, 2.05) is 53.6 Å². The summed E-state index contributed by atoms with van der Waals surface area (Å²) in [5.41, 5.74) is 4.84. The molecule has 0 amide bonds. The summed E-state index contributed by atoms with van der Waals surface area (Å²) >= 11 is 0. The van der Waals surface area contributed by atoms with Gasteiger partial charge in [0.2, 0.25) is 0 Å². The van der Waals surface area contributed by atoms with Gasteiger partial charge in [0.1, 0.15) is 0 Å². The fourth-order valence-electron chi connectivity index (χ4n) is 2.81. The molecule has 3 aromatic rings. The van der Waals surface area contributed by atoms with Gasteiger partial charge < -0.3 is 0 Å². The molecule has 0 bridgehead atoms. The highest BCUT2D eigenvalue weighted by atomic mass is 32.2. The van der Waals surface area contributed by atoms with Gasteiger partial charge in [0.15, 0.2) is 9.84 Å². The lowest BCUT2D eigenvalue weighted by atomic mass is 10.1. The van der Waals surface area contributed by atoms with E-state index in [1.54, 1.807) is 13.8 Å². The Kier molecular flexibility index (Phi) is 5.75. The summed E-state index contributed by atoms with van der Waals surface area (Å²) < 4.78 is 26.0. The number of benzene rings is 1. The Balaban J connectivity index is 1.79. The molecule has 5 nitrogen and oxygen atoms in total. The minimum absolute atomic E-state index is 0.0709. The SMILES string of the molecule is CCCc1cc(-n2cc(-c3ccc(CS(=O)(=O)C(C)C)cc3)cn2)ccn1. The Morgan fingerprint density at radius 3 is 2.48 bits per heavy atom. The fourth-order valence-corrected chi connectivity index (χ4v) is 3.80. The smallest absolute Gasteiger partial charge is 0.156 e. The maximum atomic E-state index is 12.1. The first-order chi connectivity index (χ1) is 12.9. The molecule has 0 saturated carbocycles. The van der Waals surface area contributed by atoms with Gasteiger partial charge in [-0.05, 0) is 43.5 Å². The number of hydrogen-bond donors (Lipinski definition) is 0. The average molecular weight is 384 g/mol. The van der Waals surface area contributed by atoms with Gasteiger partial charge in [0.05, 0.1) is 22.9 Å². The van der Waals surface area contributed by atoms with E-state index in [1.165, 1.54) is 0 Å². The molecule has 0 radical (unpaired) electrons. The Hall–Kier alpha value is -2.47. The lowest BCUT2D eigenvalue weighted by Gasteiger charge is -2.08. The van der Waals surface area contributed by atoms with Crippen molar-refractivity contribution in [1.82, 2.24) is 14.8 Å². The van der Waals surface area contributed by atoms with E-state index >= 15 is 0 Å². The molecule has 27 heavy (non-hydrogen) atoms. The first-order valence-corrected chi connectivity index (χ1v) is 10.9. The minimum atomic E-state index is -3.09. The van der Waals surface area contributed by atoms with Crippen LogP contribution in [-0.4, -0.2) is 28.4 Å². The van der Waals surface area contributed by atoms with Crippen LogP contribution >= 0.6 is 0 Å². The molecular formula is C21H25N3O2S. The highest BCUT2D eigenvalue weighted by Crippen LogP contribution is 2.22. The van der Waals surface area contributed by atoms with Crippen LogP contribution in [0.15, 0.2) is 55.0 Å². The molecule has 0 aliphatic carbocycles. The van der Waals surface area contributed by atoms with Crippen molar-refractivity contribution in [1.29, 1.82) is 0 Å². The van der Waals surface area contributed by atoms with Crippen molar-refractivity contribution in [2.45, 2.75) is 44.6 Å². The van der Waals surface area contributed by atoms with Gasteiger partial charge in [-0.1, -0.05) is 37.6 Å². The van der Waals surface area contributed by atoms with Crippen LogP contribution in [0.3, 0.4) is 0 Å². The molecule has 2 heterocycles. The summed E-state index contributed by atoms with van der Waals surface area (Å²) in [5.74, 6) is 0.0709. The van der Waals surface area contributed by atoms with Crippen LogP contribution in [0.4, 0.5) is 0 Å². The Labute approximate surface area is 161 Å². The van der Waals surface area contributed by atoms with E-state index in [0.717, 1.165) is 40.9 Å². The molecule has 0 fully saturated rings. The second-order valence-electron chi connectivity index (χ2n) is 6.98. The van der Waals surface area contributed by atoms with Crippen LogP contribution in [0.25, 0.3) is 16.8 Å². The van der Waals surface area contributed by atoms with Crippen LogP contribution in [0.2, 0.25) is 0 Å². The largest absolute Gasteiger partial charge is 0.261 e. The Morgan fingerprint density at radius 2 is 1.81 bits per heavy atom. The van der Waals surface area contributed by atoms with E-state index in [-0.39, 0.29) is 11.0 Å². The summed E-state index contributed by atoms with van der Waals surface area (Å²) in [4.78, 5) is 4.38. The number of hydrogen-bond acceptors (Lipinski definition) is 4. The third-order valence-corrected chi connectivity index (χ3v) is 6.70. The van der Waals surface area contributed by atoms with E-state index in [0.29, 0.717) is 0 Å². The highest BCUT2D eigenvalue weighted by Gasteiger charge is 2.16. The molecule has 142 valence electrons. The molecule has 0 unspecified atom stereocenters. The molecule has 0 N–H and O–H groups in total. The van der Waals surface area contributed by atoms with E-state index in [2.05, 4.69) is 23.1 Å². The fraction of sp³-hybridized carbons (Fsp3) is 0.333. The Bertz CT molecular complexity index is 1010. The zero-order valence-corrected chi connectivity index (χ0v) is 16.8. The molecule has 3 rings (SSSR count). The molecule has 0 saturated heterocycles. The van der Waals surface area contributed by atoms with Gasteiger partial charge in [-0.2, -0.15) is 5.10 Å². The summed E-state index contributed by atoms with van der Waals surface area (Å²) in [5, 5.41) is 4.09. The maximum absolute atomic E-state index is 12.1. The van der Waals surface area contributed by atoms with Crippen molar-refractivity contribution < 1.29 is 8.42 Å². The average Bonchev–Trinajstić information content (AvgIpc) is 3.13. The van der Waals surface area contributed by atoms with Crippen molar-refractivity contribution in [2.75, 3.05) is 0 Å². The first kappa shape index (κ1) is 19.3. The lowest BCUT2D eigenvalue weighted by Crippen LogP contribution is -2.15. The summed E-state index contributed by atoms with van der Waals surface area (Å²) in [6.07, 6.45) is 7.61. The molecule has 0 spiro atoms. The quantitative estimate of drug-likeness (QED) is 0.613. The normalized spacial score (nSPS) is 11.9. The van der Waals surface area contributed by atoms with Gasteiger partial charge in [0.25, 0.3) is 0 Å². The van der Waals surface area contributed by atoms with Gasteiger partial charge in [-0.25, -0.2) is 13.1 Å². The maximum Gasteiger partial charge on any atom is 0.156 e. The number of nitrogens with zero attached hydrogens (tertiary/aromatic N) is 3. The van der Waals surface area contributed by atoms with Gasteiger partial charge in [-0.15, -0.1) is 0 Å². The lowest BCUT2D eigenvalue weighted by molar-refractivity contribution is 0.586. The molecule has 0 atom stereocenters.